The Morgan fingerprint density at radius 2 is 2.21 bits per heavy atom. The summed E-state index contributed by atoms with van der Waals surface area (Å²) in [5, 5.41) is 11.4. The number of nitrogens with one attached hydrogen (secondary N) is 1. The Balaban J connectivity index is 1.60. The minimum Gasteiger partial charge on any atom is -0.353 e. The molecule has 24 heavy (non-hydrogen) atoms. The number of carbonyl (C=O) groups is 1. The van der Waals surface area contributed by atoms with Gasteiger partial charge in [0.2, 0.25) is 5.91 Å². The highest BCUT2D eigenvalue weighted by molar-refractivity contribution is 5.84. The van der Waals surface area contributed by atoms with Crippen molar-refractivity contribution in [3.05, 3.63) is 30.0 Å². The molecule has 1 amide bonds. The molecule has 3 rings (SSSR count). The number of aromatic nitrogens is 2. The third kappa shape index (κ3) is 3.45. The van der Waals surface area contributed by atoms with Crippen LogP contribution >= 0.6 is 0 Å². The topological polar surface area (TPSA) is 58.1 Å². The molecule has 2 fully saturated rings. The van der Waals surface area contributed by atoms with Crippen LogP contribution in [0.2, 0.25) is 0 Å². The van der Waals surface area contributed by atoms with Gasteiger partial charge in [-0.15, -0.1) is 5.10 Å². The number of amides is 1. The van der Waals surface area contributed by atoms with Crippen LogP contribution < -0.4 is 10.2 Å². The number of carbonyl (C=O) groups excluding carboxylic acids is 1. The third-order valence-electron chi connectivity index (χ3n) is 5.36. The number of nitrogens with zero attached hydrogens (tertiary/aromatic N) is 3. The Labute approximate surface area is 144 Å². The highest BCUT2D eigenvalue weighted by atomic mass is 16.2. The van der Waals surface area contributed by atoms with Crippen LogP contribution in [0.15, 0.2) is 30.0 Å². The third-order valence-corrected chi connectivity index (χ3v) is 5.36. The number of rotatable bonds is 4. The maximum Gasteiger partial charge on any atom is 0.224 e. The zero-order valence-corrected chi connectivity index (χ0v) is 15.1. The lowest BCUT2D eigenvalue weighted by atomic mass is 10.0. The minimum atomic E-state index is 0.0701. The molecule has 5 nitrogen and oxygen atoms in total. The van der Waals surface area contributed by atoms with E-state index in [1.165, 1.54) is 5.57 Å². The van der Waals surface area contributed by atoms with E-state index in [0.29, 0.717) is 5.92 Å². The molecule has 0 spiro atoms. The number of piperidine rings is 1. The van der Waals surface area contributed by atoms with Crippen molar-refractivity contribution in [3.8, 4) is 0 Å². The standard InChI is InChI=1S/C19H28N4O/c1-13(2)11-15-17(19(15,3)4)18(24)21-14-7-6-10-23(12-14)16-8-5-9-20-22-16/h5,8-9,11,14-15,17H,6-7,10,12H2,1-4H3,(H,21,24). The Morgan fingerprint density at radius 1 is 1.42 bits per heavy atom. The molecule has 130 valence electrons. The molecule has 0 bridgehead atoms. The van der Waals surface area contributed by atoms with E-state index >= 15 is 0 Å². The number of allylic oxidation sites excluding steroid dienone is 2. The van der Waals surface area contributed by atoms with Crippen LogP contribution in [0.3, 0.4) is 0 Å². The molecule has 1 aromatic heterocycles. The van der Waals surface area contributed by atoms with Crippen molar-refractivity contribution < 1.29 is 4.79 Å². The zero-order chi connectivity index (χ0) is 17.3. The van der Waals surface area contributed by atoms with Crippen LogP contribution in [-0.2, 0) is 4.79 Å². The molecular formula is C19H28N4O. The van der Waals surface area contributed by atoms with Gasteiger partial charge >= 0.3 is 0 Å². The molecule has 1 N–H and O–H groups in total. The summed E-state index contributed by atoms with van der Waals surface area (Å²) in [6, 6.07) is 4.07. The van der Waals surface area contributed by atoms with Crippen molar-refractivity contribution in [2.45, 2.75) is 46.6 Å². The first kappa shape index (κ1) is 16.9. The quantitative estimate of drug-likeness (QED) is 0.864. The lowest BCUT2D eigenvalue weighted by molar-refractivity contribution is -0.123. The SMILES string of the molecule is CC(C)=CC1C(C(=O)NC2CCCN(c3cccnn3)C2)C1(C)C. The summed E-state index contributed by atoms with van der Waals surface area (Å²) >= 11 is 0. The van der Waals surface area contributed by atoms with E-state index in [0.717, 1.165) is 31.7 Å². The molecule has 0 aromatic carbocycles. The molecule has 2 aliphatic rings. The fraction of sp³-hybridized carbons (Fsp3) is 0.632. The van der Waals surface area contributed by atoms with Gasteiger partial charge in [0, 0.05) is 25.3 Å². The molecule has 3 atom stereocenters. The van der Waals surface area contributed by atoms with E-state index in [2.05, 4.69) is 54.2 Å². The molecule has 1 aliphatic carbocycles. The fourth-order valence-electron chi connectivity index (χ4n) is 3.90. The van der Waals surface area contributed by atoms with Crippen LogP contribution in [0, 0.1) is 17.3 Å². The predicted octanol–water partition coefficient (Wildman–Crippen LogP) is 2.80. The van der Waals surface area contributed by atoms with Crippen LogP contribution in [0.1, 0.15) is 40.5 Å². The van der Waals surface area contributed by atoms with Gasteiger partial charge in [-0.2, -0.15) is 5.10 Å². The van der Waals surface area contributed by atoms with Crippen molar-refractivity contribution in [3.63, 3.8) is 0 Å². The average molecular weight is 328 g/mol. The minimum absolute atomic E-state index is 0.0701. The van der Waals surface area contributed by atoms with E-state index in [4.69, 9.17) is 0 Å². The van der Waals surface area contributed by atoms with E-state index in [1.807, 2.05) is 12.1 Å². The van der Waals surface area contributed by atoms with Gasteiger partial charge in [-0.3, -0.25) is 4.79 Å². The van der Waals surface area contributed by atoms with Crippen molar-refractivity contribution in [2.75, 3.05) is 18.0 Å². The first-order valence-corrected chi connectivity index (χ1v) is 8.87. The van der Waals surface area contributed by atoms with E-state index in [-0.39, 0.29) is 23.3 Å². The van der Waals surface area contributed by atoms with Crippen molar-refractivity contribution in [1.82, 2.24) is 15.5 Å². The van der Waals surface area contributed by atoms with Gasteiger partial charge in [-0.05, 0) is 50.2 Å². The van der Waals surface area contributed by atoms with Gasteiger partial charge in [-0.1, -0.05) is 25.5 Å². The van der Waals surface area contributed by atoms with Gasteiger partial charge in [0.25, 0.3) is 0 Å². The van der Waals surface area contributed by atoms with Crippen LogP contribution in [0.4, 0.5) is 5.82 Å². The molecule has 3 unspecified atom stereocenters. The van der Waals surface area contributed by atoms with Crippen LogP contribution in [0.25, 0.3) is 0 Å². The second-order valence-electron chi connectivity index (χ2n) is 7.94. The van der Waals surface area contributed by atoms with Crippen LogP contribution in [0.5, 0.6) is 0 Å². The van der Waals surface area contributed by atoms with Gasteiger partial charge in [-0.25, -0.2) is 0 Å². The van der Waals surface area contributed by atoms with E-state index in [1.54, 1.807) is 6.20 Å². The van der Waals surface area contributed by atoms with Crippen molar-refractivity contribution in [1.29, 1.82) is 0 Å². The van der Waals surface area contributed by atoms with Gasteiger partial charge in [0.05, 0.1) is 5.92 Å². The summed E-state index contributed by atoms with van der Waals surface area (Å²) in [5.74, 6) is 1.56. The Bertz CT molecular complexity index is 622. The lowest BCUT2D eigenvalue weighted by Gasteiger charge is -2.33. The zero-order valence-electron chi connectivity index (χ0n) is 15.1. The van der Waals surface area contributed by atoms with Crippen molar-refractivity contribution >= 4 is 11.7 Å². The van der Waals surface area contributed by atoms with Crippen molar-refractivity contribution in [2.24, 2.45) is 17.3 Å². The van der Waals surface area contributed by atoms with Crippen LogP contribution in [-0.4, -0.2) is 35.2 Å². The largest absolute Gasteiger partial charge is 0.353 e. The smallest absolute Gasteiger partial charge is 0.224 e. The summed E-state index contributed by atoms with van der Waals surface area (Å²) in [6.45, 7) is 10.4. The molecule has 0 radical (unpaired) electrons. The maximum atomic E-state index is 12.7. The number of hydrogen-bond acceptors (Lipinski definition) is 4. The highest BCUT2D eigenvalue weighted by Gasteiger charge is 2.60. The van der Waals surface area contributed by atoms with Gasteiger partial charge in [0.1, 0.15) is 0 Å². The Morgan fingerprint density at radius 3 is 2.88 bits per heavy atom. The monoisotopic (exact) mass is 328 g/mol. The molecular weight excluding hydrogens is 300 g/mol. The molecule has 1 aromatic rings. The summed E-state index contributed by atoms with van der Waals surface area (Å²) in [4.78, 5) is 15.0. The molecule has 2 heterocycles. The maximum absolute atomic E-state index is 12.7. The Hall–Kier alpha value is -1.91. The second-order valence-corrected chi connectivity index (χ2v) is 7.94. The summed E-state index contributed by atoms with van der Waals surface area (Å²) in [6.07, 6.45) is 6.03. The molecule has 5 heteroatoms. The average Bonchev–Trinajstić information content (AvgIpc) is 3.08. The lowest BCUT2D eigenvalue weighted by Crippen LogP contribution is -2.48. The molecule has 1 saturated carbocycles. The van der Waals surface area contributed by atoms with Gasteiger partial charge < -0.3 is 10.2 Å². The Kier molecular flexibility index (Phi) is 4.61. The predicted molar refractivity (Wildman–Crippen MR) is 95.6 cm³/mol. The van der Waals surface area contributed by atoms with E-state index < -0.39 is 0 Å². The first-order chi connectivity index (χ1) is 11.4. The summed E-state index contributed by atoms with van der Waals surface area (Å²) < 4.78 is 0. The highest BCUT2D eigenvalue weighted by Crippen LogP contribution is 2.59. The summed E-state index contributed by atoms with van der Waals surface area (Å²) in [5.41, 5.74) is 1.36. The fourth-order valence-corrected chi connectivity index (χ4v) is 3.90. The molecule has 1 saturated heterocycles. The number of hydrogen-bond donors (Lipinski definition) is 1. The van der Waals surface area contributed by atoms with E-state index in [9.17, 15) is 4.79 Å². The summed E-state index contributed by atoms with van der Waals surface area (Å²) in [7, 11) is 0. The second kappa shape index (κ2) is 6.54. The number of anilines is 1. The molecule has 1 aliphatic heterocycles. The normalized spacial score (nSPS) is 28.2. The first-order valence-electron chi connectivity index (χ1n) is 8.87. The van der Waals surface area contributed by atoms with Gasteiger partial charge in [0.15, 0.2) is 5.82 Å².